The molecule has 3 aromatic rings. The Bertz CT molecular complexity index is 1120. The molecule has 1 heterocycles. The van der Waals surface area contributed by atoms with Gasteiger partial charge in [0.05, 0.1) is 23.1 Å². The van der Waals surface area contributed by atoms with Gasteiger partial charge in [-0.15, -0.1) is 11.3 Å². The fourth-order valence-corrected chi connectivity index (χ4v) is 4.49. The number of amides is 1. The highest BCUT2D eigenvalue weighted by atomic mass is 32.2. The van der Waals surface area contributed by atoms with Gasteiger partial charge in [-0.2, -0.15) is 9.57 Å². The summed E-state index contributed by atoms with van der Waals surface area (Å²) in [5.74, 6) is -0.441. The molecule has 1 amide bonds. The number of hydrogen-bond acceptors (Lipinski definition) is 5. The van der Waals surface area contributed by atoms with E-state index < -0.39 is 15.9 Å². The number of anilines is 1. The van der Waals surface area contributed by atoms with Crippen LogP contribution in [0.15, 0.2) is 70.9 Å². The number of nitrogens with one attached hydrogen (secondary N) is 1. The Morgan fingerprint density at radius 1 is 1.11 bits per heavy atom. The van der Waals surface area contributed by atoms with Crippen LogP contribution in [0.5, 0.6) is 0 Å². The largest absolute Gasteiger partial charge is 0.324 e. The van der Waals surface area contributed by atoms with Crippen LogP contribution in [0.25, 0.3) is 10.4 Å². The van der Waals surface area contributed by atoms with Gasteiger partial charge in [0.25, 0.3) is 0 Å². The smallest absolute Gasteiger partial charge is 0.243 e. The fraction of sp³-hybridized carbons (Fsp3) is 0.100. The molecule has 2 aromatic carbocycles. The molecule has 0 fully saturated rings. The van der Waals surface area contributed by atoms with E-state index in [0.717, 1.165) is 14.7 Å². The Morgan fingerprint density at radius 3 is 2.46 bits per heavy atom. The predicted molar refractivity (Wildman–Crippen MR) is 109 cm³/mol. The van der Waals surface area contributed by atoms with Crippen molar-refractivity contribution in [3.8, 4) is 16.5 Å². The minimum atomic E-state index is -3.84. The van der Waals surface area contributed by atoms with Crippen molar-refractivity contribution in [3.05, 3.63) is 71.6 Å². The average molecular weight is 412 g/mol. The Balaban J connectivity index is 1.74. The highest BCUT2D eigenvalue weighted by molar-refractivity contribution is 7.89. The van der Waals surface area contributed by atoms with Crippen LogP contribution >= 0.6 is 11.3 Å². The summed E-state index contributed by atoms with van der Waals surface area (Å²) in [5.41, 5.74) is 1.87. The first kappa shape index (κ1) is 19.8. The lowest BCUT2D eigenvalue weighted by atomic mass is 10.1. The number of hydrogen-bond donors (Lipinski definition) is 1. The van der Waals surface area contributed by atoms with Gasteiger partial charge < -0.3 is 5.32 Å². The number of carbonyl (C=O) groups is 1. The summed E-state index contributed by atoms with van der Waals surface area (Å²) < 4.78 is 26.3. The maximum atomic E-state index is 12.6. The number of nitrogens with zero attached hydrogens (tertiary/aromatic N) is 2. The molecule has 8 heteroatoms. The van der Waals surface area contributed by atoms with Crippen LogP contribution in [0.1, 0.15) is 5.56 Å². The van der Waals surface area contributed by atoms with Gasteiger partial charge >= 0.3 is 0 Å². The second-order valence-electron chi connectivity index (χ2n) is 5.97. The number of thiophene rings is 1. The standard InChI is InChI=1S/C20H17N3O3S2/c1-23(28(25,26)16-10-8-15(13-21)9-11-16)14-20(24)22-18-6-3-2-5-17(18)19-7-4-12-27-19/h2-12H,14H2,1H3,(H,22,24). The van der Waals surface area contributed by atoms with Crippen LogP contribution in [0, 0.1) is 11.3 Å². The number of rotatable bonds is 6. The average Bonchev–Trinajstić information content (AvgIpc) is 3.23. The van der Waals surface area contributed by atoms with Crippen LogP contribution in [-0.4, -0.2) is 32.2 Å². The molecule has 0 unspecified atom stereocenters. The van der Waals surface area contributed by atoms with Crippen molar-refractivity contribution < 1.29 is 13.2 Å². The minimum absolute atomic E-state index is 0.0285. The van der Waals surface area contributed by atoms with Gasteiger partial charge in [0.2, 0.25) is 15.9 Å². The predicted octanol–water partition coefficient (Wildman–Crippen LogP) is 3.55. The molecule has 28 heavy (non-hydrogen) atoms. The quantitative estimate of drug-likeness (QED) is 0.672. The lowest BCUT2D eigenvalue weighted by Crippen LogP contribution is -2.35. The van der Waals surface area contributed by atoms with Crippen LogP contribution < -0.4 is 5.32 Å². The van der Waals surface area contributed by atoms with Gasteiger partial charge in [0, 0.05) is 23.2 Å². The summed E-state index contributed by atoms with van der Waals surface area (Å²) in [6.45, 7) is -0.332. The molecule has 0 atom stereocenters. The number of likely N-dealkylation sites (N-methyl/N-ethyl adjacent to an activating group) is 1. The van der Waals surface area contributed by atoms with Gasteiger partial charge in [-0.3, -0.25) is 4.79 Å². The molecule has 142 valence electrons. The van der Waals surface area contributed by atoms with Crippen LogP contribution in [0.4, 0.5) is 5.69 Å². The van der Waals surface area contributed by atoms with Crippen molar-refractivity contribution in [3.63, 3.8) is 0 Å². The third-order valence-corrected chi connectivity index (χ3v) is 6.77. The van der Waals surface area contributed by atoms with Crippen LogP contribution in [0.2, 0.25) is 0 Å². The molecule has 3 rings (SSSR count). The molecular weight excluding hydrogens is 394 g/mol. The summed E-state index contributed by atoms with van der Waals surface area (Å²) in [6.07, 6.45) is 0. The molecule has 0 aliphatic rings. The molecule has 1 N–H and O–H groups in total. The number of para-hydroxylation sites is 1. The van der Waals surface area contributed by atoms with E-state index in [0.29, 0.717) is 11.3 Å². The lowest BCUT2D eigenvalue weighted by molar-refractivity contribution is -0.116. The number of sulfonamides is 1. The molecule has 0 aliphatic carbocycles. The van der Waals surface area contributed by atoms with E-state index in [1.807, 2.05) is 41.8 Å². The van der Waals surface area contributed by atoms with Crippen LogP contribution in [-0.2, 0) is 14.8 Å². The van der Waals surface area contributed by atoms with Gasteiger partial charge in [0.15, 0.2) is 0 Å². The van der Waals surface area contributed by atoms with Gasteiger partial charge in [-0.25, -0.2) is 8.42 Å². The third-order valence-electron chi connectivity index (χ3n) is 4.05. The van der Waals surface area contributed by atoms with Crippen molar-refractivity contribution in [2.24, 2.45) is 0 Å². The number of nitriles is 1. The van der Waals surface area contributed by atoms with Crippen molar-refractivity contribution in [2.75, 3.05) is 18.9 Å². The summed E-state index contributed by atoms with van der Waals surface area (Å²) in [5, 5.41) is 13.6. The first-order valence-electron chi connectivity index (χ1n) is 8.31. The van der Waals surface area contributed by atoms with Gasteiger partial charge in [0.1, 0.15) is 0 Å². The van der Waals surface area contributed by atoms with E-state index in [1.54, 1.807) is 17.4 Å². The first-order chi connectivity index (χ1) is 13.4. The molecule has 0 radical (unpaired) electrons. The molecule has 6 nitrogen and oxygen atoms in total. The maximum absolute atomic E-state index is 12.6. The maximum Gasteiger partial charge on any atom is 0.243 e. The monoisotopic (exact) mass is 411 g/mol. The van der Waals surface area contributed by atoms with Crippen LogP contribution in [0.3, 0.4) is 0 Å². The molecular formula is C20H17N3O3S2. The van der Waals surface area contributed by atoms with Gasteiger partial charge in [-0.1, -0.05) is 24.3 Å². The molecule has 0 saturated heterocycles. The normalized spacial score (nSPS) is 11.2. The topological polar surface area (TPSA) is 90.3 Å². The fourth-order valence-electron chi connectivity index (χ4n) is 2.60. The number of benzene rings is 2. The zero-order chi connectivity index (χ0) is 20.1. The Labute approximate surface area is 167 Å². The molecule has 0 saturated carbocycles. The van der Waals surface area contributed by atoms with Crippen molar-refractivity contribution in [1.29, 1.82) is 5.26 Å². The Morgan fingerprint density at radius 2 is 1.82 bits per heavy atom. The third kappa shape index (κ3) is 4.28. The van der Waals surface area contributed by atoms with E-state index in [4.69, 9.17) is 5.26 Å². The second kappa shape index (κ2) is 8.35. The zero-order valence-corrected chi connectivity index (χ0v) is 16.6. The molecule has 0 aliphatic heterocycles. The Hall–Kier alpha value is -2.99. The molecule has 1 aromatic heterocycles. The summed E-state index contributed by atoms with van der Waals surface area (Å²) in [6, 6.07) is 18.8. The van der Waals surface area contributed by atoms with E-state index in [2.05, 4.69) is 5.32 Å². The van der Waals surface area contributed by atoms with Gasteiger partial charge in [-0.05, 0) is 41.8 Å². The summed E-state index contributed by atoms with van der Waals surface area (Å²) in [7, 11) is -2.49. The first-order valence-corrected chi connectivity index (χ1v) is 10.6. The van der Waals surface area contributed by atoms with E-state index in [9.17, 15) is 13.2 Å². The minimum Gasteiger partial charge on any atom is -0.324 e. The SMILES string of the molecule is CN(CC(=O)Nc1ccccc1-c1cccs1)S(=O)(=O)c1ccc(C#N)cc1. The van der Waals surface area contributed by atoms with E-state index in [-0.39, 0.29) is 11.4 Å². The van der Waals surface area contributed by atoms with E-state index in [1.165, 1.54) is 31.3 Å². The number of carbonyl (C=O) groups excluding carboxylic acids is 1. The van der Waals surface area contributed by atoms with Crippen molar-refractivity contribution in [1.82, 2.24) is 4.31 Å². The summed E-state index contributed by atoms with van der Waals surface area (Å²) in [4.78, 5) is 13.5. The molecule has 0 bridgehead atoms. The van der Waals surface area contributed by atoms with Crippen molar-refractivity contribution >= 4 is 33.0 Å². The van der Waals surface area contributed by atoms with E-state index >= 15 is 0 Å². The summed E-state index contributed by atoms with van der Waals surface area (Å²) >= 11 is 1.56. The lowest BCUT2D eigenvalue weighted by Gasteiger charge is -2.17. The highest BCUT2D eigenvalue weighted by Crippen LogP contribution is 2.31. The zero-order valence-electron chi connectivity index (χ0n) is 15.0. The second-order valence-corrected chi connectivity index (χ2v) is 8.96. The molecule has 0 spiro atoms. The van der Waals surface area contributed by atoms with Crippen molar-refractivity contribution in [2.45, 2.75) is 4.90 Å². The highest BCUT2D eigenvalue weighted by Gasteiger charge is 2.23. The Kier molecular flexibility index (Phi) is 5.90.